The fourth-order valence-corrected chi connectivity index (χ4v) is 11.8. The van der Waals surface area contributed by atoms with Gasteiger partial charge >= 0.3 is 5.97 Å². The van der Waals surface area contributed by atoms with Gasteiger partial charge in [0.2, 0.25) is 5.79 Å². The van der Waals surface area contributed by atoms with E-state index in [2.05, 4.69) is 75.4 Å². The highest BCUT2D eigenvalue weighted by Crippen LogP contribution is 2.47. The molecule has 0 bridgehead atoms. The lowest BCUT2D eigenvalue weighted by Gasteiger charge is -2.45. The van der Waals surface area contributed by atoms with Crippen molar-refractivity contribution in [1.29, 1.82) is 0 Å². The zero-order valence-corrected chi connectivity index (χ0v) is 26.7. The lowest BCUT2D eigenvalue weighted by atomic mass is 9.91. The topological polar surface area (TPSA) is 63.2 Å². The zero-order chi connectivity index (χ0) is 30.1. The molecule has 3 aliphatic rings. The highest BCUT2D eigenvalue weighted by atomic mass is 35.5. The highest BCUT2D eigenvalue weighted by molar-refractivity contribution is 6.99. The second-order valence-electron chi connectivity index (χ2n) is 12.6. The molecule has 0 aromatic heterocycles. The number of hydrogen-bond donors (Lipinski definition) is 0. The summed E-state index contributed by atoms with van der Waals surface area (Å²) in [7, 11) is -2.84. The first-order chi connectivity index (χ1) is 20.7. The largest absolute Gasteiger partial charge is 0.488 e. The van der Waals surface area contributed by atoms with Crippen LogP contribution in [0.15, 0.2) is 97.1 Å². The number of benzene rings is 3. The number of halogens is 1. The van der Waals surface area contributed by atoms with Crippen LogP contribution in [0.2, 0.25) is 10.1 Å². The van der Waals surface area contributed by atoms with Crippen molar-refractivity contribution in [3.63, 3.8) is 0 Å². The maximum Gasteiger partial charge on any atom is 0.306 e. The first-order valence-electron chi connectivity index (χ1n) is 15.0. The van der Waals surface area contributed by atoms with Crippen molar-refractivity contribution in [3.8, 4) is 5.75 Å². The third-order valence-electron chi connectivity index (χ3n) is 8.88. The van der Waals surface area contributed by atoms with Crippen molar-refractivity contribution in [1.82, 2.24) is 0 Å². The minimum Gasteiger partial charge on any atom is -0.488 e. The van der Waals surface area contributed by atoms with E-state index in [1.807, 2.05) is 30.3 Å². The van der Waals surface area contributed by atoms with E-state index in [4.69, 9.17) is 35.0 Å². The molecule has 0 radical (unpaired) electrons. The van der Waals surface area contributed by atoms with E-state index in [1.165, 1.54) is 10.4 Å². The van der Waals surface area contributed by atoms with Crippen LogP contribution >= 0.6 is 11.6 Å². The first-order valence-corrected chi connectivity index (χ1v) is 17.3. The van der Waals surface area contributed by atoms with Crippen molar-refractivity contribution < 1.29 is 28.2 Å². The maximum atomic E-state index is 12.4. The standard InChI is InChI=1S/C35H39ClO6Si/c1-34(2,3)43(27-13-6-4-7-14-27,28-15-8-5-9-16-28)42-32-23-31-30(22-33(37)41-31)29(32)17-18-35(39-19-20-40-35)24-38-26-12-10-11-25(36)21-26/h4-18,21,29-32H,19-20,22-24H2,1-3H3/b18-17+/t29-,30-,31+,32-/m1/s1. The summed E-state index contributed by atoms with van der Waals surface area (Å²) in [5.74, 6) is -0.618. The lowest BCUT2D eigenvalue weighted by molar-refractivity contribution is -0.141. The van der Waals surface area contributed by atoms with Gasteiger partial charge in [-0.25, -0.2) is 0 Å². The molecule has 3 aromatic carbocycles. The Balaban J connectivity index is 1.35. The van der Waals surface area contributed by atoms with Gasteiger partial charge in [-0.3, -0.25) is 4.79 Å². The molecule has 4 atom stereocenters. The molecule has 6 rings (SSSR count). The summed E-state index contributed by atoms with van der Waals surface area (Å²) >= 11 is 6.17. The van der Waals surface area contributed by atoms with E-state index < -0.39 is 14.1 Å². The van der Waals surface area contributed by atoms with Crippen LogP contribution in [-0.4, -0.2) is 52.1 Å². The summed E-state index contributed by atoms with van der Waals surface area (Å²) in [5.41, 5.74) is 0. The van der Waals surface area contributed by atoms with Gasteiger partial charge < -0.3 is 23.4 Å². The van der Waals surface area contributed by atoms with Crippen LogP contribution in [0.25, 0.3) is 0 Å². The number of ether oxygens (including phenoxy) is 4. The molecule has 2 saturated heterocycles. The van der Waals surface area contributed by atoms with E-state index in [9.17, 15) is 4.79 Å². The molecular formula is C35H39ClO6Si. The van der Waals surface area contributed by atoms with E-state index >= 15 is 0 Å². The zero-order valence-electron chi connectivity index (χ0n) is 24.9. The third kappa shape index (κ3) is 6.06. The van der Waals surface area contributed by atoms with Gasteiger partial charge in [-0.2, -0.15) is 0 Å². The van der Waals surface area contributed by atoms with Gasteiger partial charge in [-0.1, -0.05) is 105 Å². The SMILES string of the molecule is CC(C)(C)[Si](O[C@@H]1C[C@@H]2OC(=O)C[C@@H]2[C@H]1/C=C/C1(COc2cccc(Cl)c2)OCCO1)(c1ccccc1)c1ccccc1. The maximum absolute atomic E-state index is 12.4. The van der Waals surface area contributed by atoms with E-state index in [0.29, 0.717) is 36.8 Å². The molecule has 0 spiro atoms. The smallest absolute Gasteiger partial charge is 0.306 e. The first kappa shape index (κ1) is 30.1. The average Bonchev–Trinajstić information content (AvgIpc) is 3.69. The van der Waals surface area contributed by atoms with Gasteiger partial charge in [0.25, 0.3) is 8.32 Å². The Kier molecular flexibility index (Phi) is 8.55. The molecule has 1 aliphatic carbocycles. The normalized spacial score (nSPS) is 25.2. The van der Waals surface area contributed by atoms with Crippen LogP contribution < -0.4 is 15.1 Å². The predicted octanol–water partition coefficient (Wildman–Crippen LogP) is 5.91. The number of carbonyl (C=O) groups excluding carboxylic acids is 1. The molecule has 2 heterocycles. The quantitative estimate of drug-likeness (QED) is 0.169. The van der Waals surface area contributed by atoms with Gasteiger partial charge in [0.05, 0.1) is 25.7 Å². The van der Waals surface area contributed by atoms with Crippen LogP contribution in [0.4, 0.5) is 0 Å². The van der Waals surface area contributed by atoms with Gasteiger partial charge in [0.1, 0.15) is 18.5 Å². The molecule has 8 heteroatoms. The Morgan fingerprint density at radius 3 is 2.21 bits per heavy atom. The minimum absolute atomic E-state index is 0.0132. The van der Waals surface area contributed by atoms with Gasteiger partial charge in [-0.05, 0) is 39.7 Å². The molecule has 1 saturated carbocycles. The number of fused-ring (bicyclic) bond motifs is 1. The van der Waals surface area contributed by atoms with Crippen molar-refractivity contribution in [2.24, 2.45) is 11.8 Å². The summed E-state index contributed by atoms with van der Waals surface area (Å²) in [6, 6.07) is 28.6. The molecule has 0 unspecified atom stereocenters. The number of carbonyl (C=O) groups is 1. The Morgan fingerprint density at radius 1 is 0.953 bits per heavy atom. The molecule has 6 nitrogen and oxygen atoms in total. The van der Waals surface area contributed by atoms with Crippen molar-refractivity contribution in [2.75, 3.05) is 19.8 Å². The second-order valence-corrected chi connectivity index (χ2v) is 17.3. The summed E-state index contributed by atoms with van der Waals surface area (Å²) in [4.78, 5) is 12.4. The number of hydrogen-bond acceptors (Lipinski definition) is 6. The Bertz CT molecular complexity index is 1390. The lowest BCUT2D eigenvalue weighted by Crippen LogP contribution is -2.68. The van der Waals surface area contributed by atoms with Crippen LogP contribution in [0.5, 0.6) is 5.75 Å². The van der Waals surface area contributed by atoms with Crippen molar-refractivity contribution in [3.05, 3.63) is 102 Å². The summed E-state index contributed by atoms with van der Waals surface area (Å²) in [6.45, 7) is 7.93. The fourth-order valence-electron chi connectivity index (χ4n) is 6.91. The van der Waals surface area contributed by atoms with E-state index in [1.54, 1.807) is 12.1 Å². The number of esters is 1. The van der Waals surface area contributed by atoms with Gasteiger partial charge in [0.15, 0.2) is 0 Å². The monoisotopic (exact) mass is 618 g/mol. The third-order valence-corrected chi connectivity index (χ3v) is 14.2. The van der Waals surface area contributed by atoms with Crippen LogP contribution in [0, 0.1) is 11.8 Å². The summed E-state index contributed by atoms with van der Waals surface area (Å²) < 4.78 is 31.7. The molecule has 0 amide bonds. The van der Waals surface area contributed by atoms with Crippen LogP contribution in [0.3, 0.4) is 0 Å². The summed E-state index contributed by atoms with van der Waals surface area (Å²) in [6.07, 6.45) is 4.74. The van der Waals surface area contributed by atoms with E-state index in [0.717, 1.165) is 0 Å². The molecule has 2 aliphatic heterocycles. The Labute approximate surface area is 260 Å². The van der Waals surface area contributed by atoms with Gasteiger partial charge in [-0.15, -0.1) is 0 Å². The Hall–Kier alpha value is -2.94. The van der Waals surface area contributed by atoms with Crippen LogP contribution in [0.1, 0.15) is 33.6 Å². The molecule has 3 aromatic rings. The highest BCUT2D eigenvalue weighted by Gasteiger charge is 2.57. The molecule has 3 fully saturated rings. The molecule has 226 valence electrons. The van der Waals surface area contributed by atoms with Crippen molar-refractivity contribution in [2.45, 2.75) is 56.6 Å². The average molecular weight is 619 g/mol. The molecule has 0 N–H and O–H groups in total. The molecular weight excluding hydrogens is 580 g/mol. The second kappa shape index (κ2) is 12.2. The predicted molar refractivity (Wildman–Crippen MR) is 169 cm³/mol. The molecule has 43 heavy (non-hydrogen) atoms. The minimum atomic E-state index is -2.84. The van der Waals surface area contributed by atoms with Crippen LogP contribution in [-0.2, 0) is 23.4 Å². The van der Waals surface area contributed by atoms with Gasteiger partial charge in [0, 0.05) is 23.3 Å². The van der Waals surface area contributed by atoms with E-state index in [-0.39, 0.29) is 41.7 Å². The summed E-state index contributed by atoms with van der Waals surface area (Å²) in [5, 5.41) is 2.86. The number of rotatable bonds is 9. The van der Waals surface area contributed by atoms with Crippen molar-refractivity contribution >= 4 is 36.3 Å². The fraction of sp³-hybridized carbons (Fsp3) is 0.400. The Morgan fingerprint density at radius 2 is 1.60 bits per heavy atom.